The number of aromatic hydroxyl groups is 1. The van der Waals surface area contributed by atoms with Gasteiger partial charge < -0.3 is 20.1 Å². The Morgan fingerprint density at radius 3 is 2.84 bits per heavy atom. The summed E-state index contributed by atoms with van der Waals surface area (Å²) in [6.07, 6.45) is 15.8. The molecule has 9 rings (SSSR count). The fraction of sp³-hybridized carbons (Fsp3) is 0.457. The Morgan fingerprint density at radius 1 is 1.14 bits per heavy atom. The summed E-state index contributed by atoms with van der Waals surface area (Å²) in [7, 11) is 0. The molecule has 8 nitrogen and oxygen atoms in total. The van der Waals surface area contributed by atoms with Crippen molar-refractivity contribution in [3.05, 3.63) is 47.9 Å². The number of hydrogen-bond acceptors (Lipinski definition) is 8. The quantitative estimate of drug-likeness (QED) is 0.314. The third-order valence-electron chi connectivity index (χ3n) is 11.2. The molecular weight excluding hydrogens is 555 g/mol. The zero-order chi connectivity index (χ0) is 29.6. The lowest BCUT2D eigenvalue weighted by Gasteiger charge is -2.41. The van der Waals surface area contributed by atoms with E-state index in [0.29, 0.717) is 63.8 Å². The third kappa shape index (κ3) is 3.87. The standard InChI is InChI=1S/C35H35FN6O2/c1-2-20-5-3-6-21-13-26(43)15-27(29(20)21)31-30(36)32-28(16-37-31)33(41-17-23-8-9-24(18-41)38-23)40-34(39-32)44-19-35-11-4-12-42(35)25-10-7-22(35)14-25/h1,3,5-6,13,15-16,22-25,38,43H,4,7-12,14,17-19H2. The Hall–Kier alpha value is -4.00. The Kier molecular flexibility index (Phi) is 5.85. The van der Waals surface area contributed by atoms with Crippen molar-refractivity contribution in [2.45, 2.75) is 68.6 Å². The number of nitrogens with zero attached hydrogens (tertiary/aromatic N) is 5. The molecule has 4 aromatic rings. The summed E-state index contributed by atoms with van der Waals surface area (Å²) in [5.41, 5.74) is 1.32. The first-order valence-electron chi connectivity index (χ1n) is 16.0. The summed E-state index contributed by atoms with van der Waals surface area (Å²) in [4.78, 5) is 19.3. The topological polar surface area (TPSA) is 86.6 Å². The molecule has 44 heavy (non-hydrogen) atoms. The number of halogens is 1. The van der Waals surface area contributed by atoms with Crippen molar-refractivity contribution in [3.8, 4) is 35.4 Å². The number of nitrogens with one attached hydrogen (secondary N) is 1. The maximum Gasteiger partial charge on any atom is 0.319 e. The number of piperidine rings is 1. The van der Waals surface area contributed by atoms with E-state index < -0.39 is 5.82 Å². The van der Waals surface area contributed by atoms with Gasteiger partial charge in [-0.2, -0.15) is 9.97 Å². The normalized spacial score (nSPS) is 29.0. The monoisotopic (exact) mass is 590 g/mol. The number of piperazine rings is 1. The van der Waals surface area contributed by atoms with Crippen molar-refractivity contribution in [2.24, 2.45) is 5.92 Å². The highest BCUT2D eigenvalue weighted by molar-refractivity contribution is 6.02. The molecular formula is C35H35FN6O2. The van der Waals surface area contributed by atoms with Gasteiger partial charge in [-0.1, -0.05) is 18.1 Å². The molecule has 4 aliphatic heterocycles. The van der Waals surface area contributed by atoms with Crippen LogP contribution in [-0.2, 0) is 0 Å². The number of aromatic nitrogens is 3. The summed E-state index contributed by atoms with van der Waals surface area (Å²) in [6.45, 7) is 3.22. The van der Waals surface area contributed by atoms with Gasteiger partial charge in [0.15, 0.2) is 5.82 Å². The Balaban J connectivity index is 1.18. The molecule has 6 heterocycles. The molecule has 5 fully saturated rings. The van der Waals surface area contributed by atoms with Crippen molar-refractivity contribution in [2.75, 3.05) is 31.1 Å². The molecule has 1 saturated carbocycles. The zero-order valence-corrected chi connectivity index (χ0v) is 24.6. The van der Waals surface area contributed by atoms with Crippen molar-refractivity contribution in [1.82, 2.24) is 25.2 Å². The van der Waals surface area contributed by atoms with Gasteiger partial charge >= 0.3 is 6.01 Å². The highest BCUT2D eigenvalue weighted by atomic mass is 19.1. The maximum atomic E-state index is 16.8. The van der Waals surface area contributed by atoms with Gasteiger partial charge in [0.25, 0.3) is 0 Å². The minimum absolute atomic E-state index is 0.0119. The van der Waals surface area contributed by atoms with E-state index in [1.165, 1.54) is 31.7 Å². The number of terminal acetylenes is 1. The largest absolute Gasteiger partial charge is 0.508 e. The zero-order valence-electron chi connectivity index (χ0n) is 24.6. The molecule has 0 spiro atoms. The second-order valence-corrected chi connectivity index (χ2v) is 13.5. The molecule has 0 radical (unpaired) electrons. The van der Waals surface area contributed by atoms with Crippen LogP contribution in [0.5, 0.6) is 11.8 Å². The molecule has 9 heteroatoms. The molecule has 1 aliphatic carbocycles. The molecule has 0 amide bonds. The van der Waals surface area contributed by atoms with E-state index in [0.717, 1.165) is 38.9 Å². The van der Waals surface area contributed by atoms with Crippen LogP contribution in [0.4, 0.5) is 10.2 Å². The number of hydrogen-bond donors (Lipinski definition) is 2. The number of rotatable bonds is 5. The summed E-state index contributed by atoms with van der Waals surface area (Å²) >= 11 is 0. The lowest BCUT2D eigenvalue weighted by molar-refractivity contribution is 0.0321. The van der Waals surface area contributed by atoms with E-state index in [4.69, 9.17) is 21.1 Å². The fourth-order valence-corrected chi connectivity index (χ4v) is 9.30. The van der Waals surface area contributed by atoms with E-state index in [1.807, 2.05) is 18.2 Å². The second kappa shape index (κ2) is 9.75. The highest BCUT2D eigenvalue weighted by Crippen LogP contribution is 2.54. The first-order valence-corrected chi connectivity index (χ1v) is 16.0. The smallest absolute Gasteiger partial charge is 0.319 e. The van der Waals surface area contributed by atoms with Gasteiger partial charge in [-0.05, 0) is 81.0 Å². The number of phenols is 1. The van der Waals surface area contributed by atoms with E-state index in [9.17, 15) is 5.11 Å². The van der Waals surface area contributed by atoms with Crippen LogP contribution in [0.1, 0.15) is 50.5 Å². The lowest BCUT2D eigenvalue weighted by atomic mass is 9.82. The van der Waals surface area contributed by atoms with Crippen LogP contribution in [0.15, 0.2) is 36.5 Å². The molecule has 5 aliphatic rings. The minimum atomic E-state index is -0.576. The molecule has 4 saturated heterocycles. The lowest BCUT2D eigenvalue weighted by Crippen LogP contribution is -2.52. The van der Waals surface area contributed by atoms with Gasteiger partial charge in [0, 0.05) is 53.9 Å². The van der Waals surface area contributed by atoms with Gasteiger partial charge in [-0.3, -0.25) is 9.88 Å². The van der Waals surface area contributed by atoms with E-state index in [2.05, 4.69) is 26.0 Å². The van der Waals surface area contributed by atoms with Gasteiger partial charge in [-0.15, -0.1) is 6.42 Å². The minimum Gasteiger partial charge on any atom is -0.508 e. The number of fused-ring (bicyclic) bond motifs is 9. The van der Waals surface area contributed by atoms with Crippen LogP contribution >= 0.6 is 0 Å². The van der Waals surface area contributed by atoms with Crippen LogP contribution in [0.2, 0.25) is 0 Å². The van der Waals surface area contributed by atoms with Gasteiger partial charge in [-0.25, -0.2) is 4.39 Å². The average molecular weight is 591 g/mol. The van der Waals surface area contributed by atoms with E-state index in [1.54, 1.807) is 12.3 Å². The Bertz CT molecular complexity index is 1860. The highest BCUT2D eigenvalue weighted by Gasteiger charge is 2.58. The predicted octanol–water partition coefficient (Wildman–Crippen LogP) is 5.01. The molecule has 2 aromatic carbocycles. The number of pyridine rings is 1. The van der Waals surface area contributed by atoms with Crippen LogP contribution in [0.3, 0.4) is 0 Å². The SMILES string of the molecule is C#Cc1cccc2cc(O)cc(-c3ncc4c(N5CC6CCC(C5)N6)nc(OCC56CCCN5C5CCC6C5)nc4c3F)c12. The number of benzene rings is 2. The summed E-state index contributed by atoms with van der Waals surface area (Å²) in [5.74, 6) is 3.45. The third-order valence-corrected chi connectivity index (χ3v) is 11.2. The average Bonchev–Trinajstić information content (AvgIpc) is 3.82. The van der Waals surface area contributed by atoms with Crippen LogP contribution in [0, 0.1) is 24.1 Å². The van der Waals surface area contributed by atoms with Gasteiger partial charge in [0.05, 0.1) is 10.9 Å². The number of anilines is 1. The van der Waals surface area contributed by atoms with Crippen molar-refractivity contribution >= 4 is 27.5 Å². The predicted molar refractivity (Wildman–Crippen MR) is 167 cm³/mol. The molecule has 4 bridgehead atoms. The van der Waals surface area contributed by atoms with Gasteiger partial charge in [0.2, 0.25) is 0 Å². The van der Waals surface area contributed by atoms with Crippen molar-refractivity contribution < 1.29 is 14.2 Å². The maximum absolute atomic E-state index is 16.8. The molecule has 5 atom stereocenters. The first-order chi connectivity index (χ1) is 21.5. The van der Waals surface area contributed by atoms with Crippen LogP contribution in [-0.4, -0.2) is 74.9 Å². The fourth-order valence-electron chi connectivity index (χ4n) is 9.30. The summed E-state index contributed by atoms with van der Waals surface area (Å²) < 4.78 is 23.4. The van der Waals surface area contributed by atoms with E-state index >= 15 is 4.39 Å². The second-order valence-electron chi connectivity index (χ2n) is 13.5. The Morgan fingerprint density at radius 2 is 2.00 bits per heavy atom. The van der Waals surface area contributed by atoms with Gasteiger partial charge in [0.1, 0.15) is 29.4 Å². The first kappa shape index (κ1) is 26.4. The van der Waals surface area contributed by atoms with Crippen LogP contribution < -0.4 is 15.0 Å². The molecule has 2 aromatic heterocycles. The molecule has 5 unspecified atom stereocenters. The summed E-state index contributed by atoms with van der Waals surface area (Å²) in [6, 6.07) is 10.3. The molecule has 224 valence electrons. The summed E-state index contributed by atoms with van der Waals surface area (Å²) in [5, 5.41) is 16.2. The van der Waals surface area contributed by atoms with E-state index in [-0.39, 0.29) is 28.5 Å². The Labute approximate surface area is 255 Å². The molecule has 2 N–H and O–H groups in total. The number of ether oxygens (including phenoxy) is 1. The van der Waals surface area contributed by atoms with Crippen LogP contribution in [0.25, 0.3) is 32.9 Å². The van der Waals surface area contributed by atoms with Crippen molar-refractivity contribution in [1.29, 1.82) is 0 Å². The number of phenolic OH excluding ortho intramolecular Hbond substituents is 1. The van der Waals surface area contributed by atoms with Crippen molar-refractivity contribution in [3.63, 3.8) is 0 Å².